The van der Waals surface area contributed by atoms with Crippen molar-refractivity contribution in [1.29, 1.82) is 0 Å². The molecule has 90 valence electrons. The molecule has 0 N–H and O–H groups in total. The van der Waals surface area contributed by atoms with Crippen LogP contribution in [0.5, 0.6) is 5.75 Å². The molecule has 0 fully saturated rings. The zero-order valence-corrected chi connectivity index (χ0v) is 10.4. The Balaban J connectivity index is 1.93. The summed E-state index contributed by atoms with van der Waals surface area (Å²) in [7, 11) is 0. The first-order valence-electron chi connectivity index (χ1n) is 6.46. The predicted octanol–water partition coefficient (Wildman–Crippen LogP) is 2.60. The second-order valence-electron chi connectivity index (χ2n) is 5.08. The molecule has 17 heavy (non-hydrogen) atoms. The van der Waals surface area contributed by atoms with Gasteiger partial charge in [0.2, 0.25) is 0 Å². The lowest BCUT2D eigenvalue weighted by molar-refractivity contribution is 0.201. The predicted molar refractivity (Wildman–Crippen MR) is 69.5 cm³/mol. The Morgan fingerprint density at radius 3 is 3.12 bits per heavy atom. The maximum absolute atomic E-state index is 5.84. The molecule has 1 aromatic carbocycles. The molecule has 0 saturated carbocycles. The van der Waals surface area contributed by atoms with Crippen molar-refractivity contribution >= 4 is 0 Å². The zero-order chi connectivity index (χ0) is 11.7. The molecule has 2 heteroatoms. The highest BCUT2D eigenvalue weighted by Gasteiger charge is 2.40. The molecule has 2 aliphatic heterocycles. The number of ether oxygens (including phenoxy) is 1. The van der Waals surface area contributed by atoms with Crippen LogP contribution in [0.25, 0.3) is 0 Å². The minimum absolute atomic E-state index is 0.101. The molecule has 0 bridgehead atoms. The molecule has 2 aliphatic rings. The van der Waals surface area contributed by atoms with E-state index in [9.17, 15) is 0 Å². The second kappa shape index (κ2) is 4.19. The number of hydrogen-bond donors (Lipinski definition) is 0. The fraction of sp³-hybridized carbons (Fsp3) is 0.467. The van der Waals surface area contributed by atoms with Crippen molar-refractivity contribution in [3.63, 3.8) is 0 Å². The van der Waals surface area contributed by atoms with Crippen LogP contribution in [0, 0.1) is 0 Å². The van der Waals surface area contributed by atoms with Crippen LogP contribution < -0.4 is 4.74 Å². The van der Waals surface area contributed by atoms with Gasteiger partial charge in [0.15, 0.2) is 0 Å². The smallest absolute Gasteiger partial charge is 0.123 e. The van der Waals surface area contributed by atoms with Crippen molar-refractivity contribution in [1.82, 2.24) is 4.90 Å². The molecule has 1 atom stereocenters. The largest absolute Gasteiger partial charge is 0.492 e. The number of fused-ring (bicyclic) bond motifs is 2. The van der Waals surface area contributed by atoms with Crippen molar-refractivity contribution in [3.05, 3.63) is 42.0 Å². The van der Waals surface area contributed by atoms with Crippen LogP contribution in [-0.2, 0) is 5.41 Å². The minimum atomic E-state index is 0.101. The van der Waals surface area contributed by atoms with Crippen LogP contribution >= 0.6 is 0 Å². The summed E-state index contributed by atoms with van der Waals surface area (Å²) < 4.78 is 5.84. The van der Waals surface area contributed by atoms with Gasteiger partial charge >= 0.3 is 0 Å². The Kier molecular flexibility index (Phi) is 2.67. The van der Waals surface area contributed by atoms with E-state index in [1.807, 2.05) is 6.07 Å². The van der Waals surface area contributed by atoms with Gasteiger partial charge in [-0.05, 0) is 19.0 Å². The van der Waals surface area contributed by atoms with Gasteiger partial charge < -0.3 is 4.74 Å². The van der Waals surface area contributed by atoms with Gasteiger partial charge in [0.25, 0.3) is 0 Å². The van der Waals surface area contributed by atoms with Crippen molar-refractivity contribution in [2.75, 3.05) is 26.2 Å². The number of rotatable bonds is 2. The molecular weight excluding hydrogens is 210 g/mol. The first-order chi connectivity index (χ1) is 8.34. The molecule has 0 aliphatic carbocycles. The van der Waals surface area contributed by atoms with E-state index in [4.69, 9.17) is 4.74 Å². The first kappa shape index (κ1) is 10.8. The van der Waals surface area contributed by atoms with E-state index in [0.717, 1.165) is 25.4 Å². The van der Waals surface area contributed by atoms with Gasteiger partial charge in [0.05, 0.1) is 5.41 Å². The minimum Gasteiger partial charge on any atom is -0.492 e. The Morgan fingerprint density at radius 1 is 1.35 bits per heavy atom. The summed E-state index contributed by atoms with van der Waals surface area (Å²) in [6.07, 6.45) is 5.86. The number of hydrogen-bond acceptors (Lipinski definition) is 2. The average Bonchev–Trinajstić information content (AvgIpc) is 2.70. The van der Waals surface area contributed by atoms with Gasteiger partial charge in [-0.15, -0.1) is 0 Å². The van der Waals surface area contributed by atoms with Gasteiger partial charge in [-0.25, -0.2) is 0 Å². The Labute approximate surface area is 103 Å². The average molecular weight is 229 g/mol. The van der Waals surface area contributed by atoms with Gasteiger partial charge in [-0.3, -0.25) is 4.90 Å². The zero-order valence-electron chi connectivity index (χ0n) is 10.4. The molecule has 0 saturated heterocycles. The third-order valence-electron chi connectivity index (χ3n) is 3.75. The summed E-state index contributed by atoms with van der Waals surface area (Å²) in [5.41, 5.74) is 1.46. The molecule has 2 heterocycles. The summed E-state index contributed by atoms with van der Waals surface area (Å²) in [5, 5.41) is 0. The first-order valence-corrected chi connectivity index (χ1v) is 6.46. The summed E-state index contributed by atoms with van der Waals surface area (Å²) in [6, 6.07) is 8.45. The molecule has 1 spiro atoms. The standard InChI is InChI=1S/C15H19NO/c1-2-9-16-10-5-8-15(11-16)12-17-14-7-4-3-6-13(14)15/h3-8H,2,9-12H2,1H3. The van der Waals surface area contributed by atoms with Crippen LogP contribution in [0.1, 0.15) is 18.9 Å². The van der Waals surface area contributed by atoms with Crippen LogP contribution in [0.2, 0.25) is 0 Å². The number of benzene rings is 1. The van der Waals surface area contributed by atoms with E-state index in [1.54, 1.807) is 0 Å². The maximum Gasteiger partial charge on any atom is 0.123 e. The van der Waals surface area contributed by atoms with E-state index >= 15 is 0 Å². The van der Waals surface area contributed by atoms with Crippen LogP contribution in [0.4, 0.5) is 0 Å². The number of nitrogens with zero attached hydrogens (tertiary/aromatic N) is 1. The number of para-hydroxylation sites is 1. The van der Waals surface area contributed by atoms with E-state index in [2.05, 4.69) is 42.2 Å². The highest BCUT2D eigenvalue weighted by molar-refractivity contribution is 5.47. The Morgan fingerprint density at radius 2 is 2.24 bits per heavy atom. The lowest BCUT2D eigenvalue weighted by Gasteiger charge is -2.35. The maximum atomic E-state index is 5.84. The quantitative estimate of drug-likeness (QED) is 0.723. The van der Waals surface area contributed by atoms with E-state index < -0.39 is 0 Å². The van der Waals surface area contributed by atoms with Crippen LogP contribution in [0.3, 0.4) is 0 Å². The van der Waals surface area contributed by atoms with E-state index in [1.165, 1.54) is 18.5 Å². The van der Waals surface area contributed by atoms with Crippen molar-refractivity contribution in [3.8, 4) is 5.75 Å². The molecule has 3 rings (SSSR count). The van der Waals surface area contributed by atoms with E-state index in [0.29, 0.717) is 0 Å². The van der Waals surface area contributed by atoms with Crippen LogP contribution in [0.15, 0.2) is 36.4 Å². The summed E-state index contributed by atoms with van der Waals surface area (Å²) in [6.45, 7) is 6.38. The van der Waals surface area contributed by atoms with E-state index in [-0.39, 0.29) is 5.41 Å². The highest BCUT2D eigenvalue weighted by Crippen LogP contribution is 2.41. The lowest BCUT2D eigenvalue weighted by atomic mass is 9.80. The third kappa shape index (κ3) is 1.77. The normalized spacial score (nSPS) is 27.1. The SMILES string of the molecule is CCCN1CC=CC2(COc3ccccc32)C1. The summed E-state index contributed by atoms with van der Waals surface area (Å²) in [4.78, 5) is 2.52. The third-order valence-corrected chi connectivity index (χ3v) is 3.75. The van der Waals surface area contributed by atoms with Crippen molar-refractivity contribution in [2.45, 2.75) is 18.8 Å². The summed E-state index contributed by atoms with van der Waals surface area (Å²) in [5.74, 6) is 1.07. The Bertz CT molecular complexity index is 440. The molecule has 2 nitrogen and oxygen atoms in total. The van der Waals surface area contributed by atoms with Crippen LogP contribution in [-0.4, -0.2) is 31.1 Å². The summed E-state index contributed by atoms with van der Waals surface area (Å²) >= 11 is 0. The molecule has 1 unspecified atom stereocenters. The highest BCUT2D eigenvalue weighted by atomic mass is 16.5. The molecule has 0 aromatic heterocycles. The van der Waals surface area contributed by atoms with Crippen molar-refractivity contribution < 1.29 is 4.74 Å². The lowest BCUT2D eigenvalue weighted by Crippen LogP contribution is -2.44. The molecule has 0 amide bonds. The van der Waals surface area contributed by atoms with Gasteiger partial charge in [0, 0.05) is 18.7 Å². The molecule has 0 radical (unpaired) electrons. The fourth-order valence-corrected chi connectivity index (χ4v) is 2.99. The monoisotopic (exact) mass is 229 g/mol. The topological polar surface area (TPSA) is 12.5 Å². The van der Waals surface area contributed by atoms with Gasteiger partial charge in [-0.2, -0.15) is 0 Å². The second-order valence-corrected chi connectivity index (χ2v) is 5.08. The fourth-order valence-electron chi connectivity index (χ4n) is 2.99. The molecular formula is C15H19NO. The van der Waals surface area contributed by atoms with Gasteiger partial charge in [0.1, 0.15) is 12.4 Å². The van der Waals surface area contributed by atoms with Crippen molar-refractivity contribution in [2.24, 2.45) is 0 Å². The molecule has 1 aromatic rings. The Hall–Kier alpha value is -1.28. The van der Waals surface area contributed by atoms with Gasteiger partial charge in [-0.1, -0.05) is 37.3 Å².